The second kappa shape index (κ2) is 5.66. The van der Waals surface area contributed by atoms with Gasteiger partial charge < -0.3 is 10.4 Å². The number of amides is 1. The molecule has 1 unspecified atom stereocenters. The Morgan fingerprint density at radius 1 is 1.38 bits per heavy atom. The van der Waals surface area contributed by atoms with E-state index in [9.17, 15) is 9.59 Å². The number of benzene rings is 1. The van der Waals surface area contributed by atoms with Gasteiger partial charge in [-0.15, -0.1) is 11.3 Å². The third kappa shape index (κ3) is 3.04. The van der Waals surface area contributed by atoms with Crippen LogP contribution >= 0.6 is 22.9 Å². The number of carboxylic acids is 1. The van der Waals surface area contributed by atoms with Crippen LogP contribution < -0.4 is 5.32 Å². The number of carboxylic acid groups (broad SMARTS) is 1. The molecular weight excluding hydrogens is 310 g/mol. The first-order valence-corrected chi connectivity index (χ1v) is 7.95. The zero-order valence-corrected chi connectivity index (χ0v) is 12.7. The minimum Gasteiger partial charge on any atom is -0.481 e. The van der Waals surface area contributed by atoms with E-state index < -0.39 is 5.97 Å². The van der Waals surface area contributed by atoms with Crippen LogP contribution in [0.1, 0.15) is 28.9 Å². The molecule has 2 aromatic rings. The fourth-order valence-electron chi connectivity index (χ4n) is 2.42. The molecule has 1 saturated carbocycles. The molecule has 1 aliphatic carbocycles. The number of hydrogen-bond acceptors (Lipinski definition) is 3. The average molecular weight is 324 g/mol. The molecule has 6 heteroatoms. The van der Waals surface area contributed by atoms with Crippen LogP contribution in [0.3, 0.4) is 0 Å². The van der Waals surface area contributed by atoms with Gasteiger partial charge in [-0.2, -0.15) is 0 Å². The number of aliphatic carboxylic acids is 1. The first-order chi connectivity index (χ1) is 10.1. The number of halogens is 1. The van der Waals surface area contributed by atoms with E-state index in [-0.39, 0.29) is 24.3 Å². The zero-order chi connectivity index (χ0) is 15.0. The highest BCUT2D eigenvalue weighted by Gasteiger charge is 2.34. The van der Waals surface area contributed by atoms with Crippen LogP contribution in [0.4, 0.5) is 0 Å². The van der Waals surface area contributed by atoms with Crippen molar-refractivity contribution in [3.05, 3.63) is 34.2 Å². The summed E-state index contributed by atoms with van der Waals surface area (Å²) in [5, 5.41) is 13.1. The highest BCUT2D eigenvalue weighted by atomic mass is 35.5. The average Bonchev–Trinajstić information content (AvgIpc) is 3.23. The molecule has 0 aliphatic heterocycles. The highest BCUT2D eigenvalue weighted by molar-refractivity contribution is 7.21. The highest BCUT2D eigenvalue weighted by Crippen LogP contribution is 2.37. The minimum absolute atomic E-state index is 0.0427. The van der Waals surface area contributed by atoms with Gasteiger partial charge in [-0.25, -0.2) is 0 Å². The van der Waals surface area contributed by atoms with Crippen molar-refractivity contribution in [3.8, 4) is 0 Å². The maximum Gasteiger partial charge on any atom is 0.305 e. The number of thiophene rings is 1. The predicted octanol–water partition coefficient (Wildman–Crippen LogP) is 3.54. The molecule has 1 aliphatic rings. The van der Waals surface area contributed by atoms with Gasteiger partial charge in [0.1, 0.15) is 4.88 Å². The van der Waals surface area contributed by atoms with Crippen molar-refractivity contribution in [2.45, 2.75) is 25.3 Å². The van der Waals surface area contributed by atoms with Gasteiger partial charge in [0.25, 0.3) is 5.91 Å². The Labute approximate surface area is 130 Å². The molecular formula is C15H14ClNO3S. The maximum atomic E-state index is 12.4. The van der Waals surface area contributed by atoms with Crippen LogP contribution in [-0.4, -0.2) is 23.0 Å². The molecule has 1 aromatic carbocycles. The summed E-state index contributed by atoms with van der Waals surface area (Å²) in [5.74, 6) is -0.896. The van der Waals surface area contributed by atoms with Crippen LogP contribution in [0.2, 0.25) is 5.02 Å². The number of fused-ring (bicyclic) bond motifs is 1. The molecule has 1 fully saturated rings. The molecule has 4 nitrogen and oxygen atoms in total. The van der Waals surface area contributed by atoms with Crippen molar-refractivity contribution < 1.29 is 14.7 Å². The summed E-state index contributed by atoms with van der Waals surface area (Å²) in [4.78, 5) is 23.7. The number of carbonyl (C=O) groups is 2. The molecule has 0 radical (unpaired) electrons. The van der Waals surface area contributed by atoms with Crippen LogP contribution in [0.15, 0.2) is 24.3 Å². The van der Waals surface area contributed by atoms with Crippen LogP contribution in [0, 0.1) is 5.92 Å². The molecule has 21 heavy (non-hydrogen) atoms. The predicted molar refractivity (Wildman–Crippen MR) is 83.1 cm³/mol. The lowest BCUT2D eigenvalue weighted by Gasteiger charge is -2.15. The molecule has 1 amide bonds. The quantitative estimate of drug-likeness (QED) is 0.884. The Morgan fingerprint density at radius 3 is 2.71 bits per heavy atom. The van der Waals surface area contributed by atoms with E-state index in [0.717, 1.165) is 22.9 Å². The van der Waals surface area contributed by atoms with Crippen molar-refractivity contribution in [2.75, 3.05) is 0 Å². The first kappa shape index (κ1) is 14.4. The van der Waals surface area contributed by atoms with Gasteiger partial charge >= 0.3 is 5.97 Å². The van der Waals surface area contributed by atoms with Gasteiger partial charge in [-0.05, 0) is 24.8 Å². The summed E-state index contributed by atoms with van der Waals surface area (Å²) in [6.45, 7) is 0. The van der Waals surface area contributed by atoms with E-state index >= 15 is 0 Å². The van der Waals surface area contributed by atoms with E-state index in [0.29, 0.717) is 9.90 Å². The topological polar surface area (TPSA) is 66.4 Å². The molecule has 110 valence electrons. The Bertz CT molecular complexity index is 708. The van der Waals surface area contributed by atoms with Crippen molar-refractivity contribution >= 4 is 44.9 Å². The second-order valence-electron chi connectivity index (χ2n) is 5.26. The fourth-order valence-corrected chi connectivity index (χ4v) is 3.84. The van der Waals surface area contributed by atoms with Crippen molar-refractivity contribution in [1.29, 1.82) is 0 Å². The Kier molecular flexibility index (Phi) is 3.87. The second-order valence-corrected chi connectivity index (χ2v) is 6.69. The molecule has 1 heterocycles. The van der Waals surface area contributed by atoms with E-state index in [4.69, 9.17) is 16.7 Å². The number of carbonyl (C=O) groups excluding carboxylic acids is 1. The van der Waals surface area contributed by atoms with Crippen molar-refractivity contribution in [3.63, 3.8) is 0 Å². The van der Waals surface area contributed by atoms with E-state index in [1.165, 1.54) is 11.3 Å². The summed E-state index contributed by atoms with van der Waals surface area (Å²) in [6.07, 6.45) is 1.90. The van der Waals surface area contributed by atoms with E-state index in [1.54, 1.807) is 0 Å². The van der Waals surface area contributed by atoms with Gasteiger partial charge in [0.2, 0.25) is 0 Å². The zero-order valence-electron chi connectivity index (χ0n) is 11.1. The molecule has 1 atom stereocenters. The molecule has 3 rings (SSSR count). The Morgan fingerprint density at radius 2 is 2.10 bits per heavy atom. The van der Waals surface area contributed by atoms with Gasteiger partial charge in [0.15, 0.2) is 0 Å². The first-order valence-electron chi connectivity index (χ1n) is 6.76. The van der Waals surface area contributed by atoms with Crippen LogP contribution in [0.5, 0.6) is 0 Å². The van der Waals surface area contributed by atoms with Gasteiger partial charge in [-0.1, -0.05) is 29.8 Å². The lowest BCUT2D eigenvalue weighted by molar-refractivity contribution is -0.137. The summed E-state index contributed by atoms with van der Waals surface area (Å²) >= 11 is 7.60. The van der Waals surface area contributed by atoms with Gasteiger partial charge in [0, 0.05) is 16.1 Å². The third-order valence-electron chi connectivity index (χ3n) is 3.64. The minimum atomic E-state index is -0.894. The largest absolute Gasteiger partial charge is 0.481 e. The van der Waals surface area contributed by atoms with Crippen LogP contribution in [-0.2, 0) is 4.79 Å². The van der Waals surface area contributed by atoms with Crippen molar-refractivity contribution in [2.24, 2.45) is 5.92 Å². The smallest absolute Gasteiger partial charge is 0.305 e. The monoisotopic (exact) mass is 323 g/mol. The Balaban J connectivity index is 1.82. The fraction of sp³-hybridized carbons (Fsp3) is 0.333. The van der Waals surface area contributed by atoms with Gasteiger partial charge in [0.05, 0.1) is 11.4 Å². The van der Waals surface area contributed by atoms with Crippen molar-refractivity contribution in [1.82, 2.24) is 5.32 Å². The number of nitrogens with one attached hydrogen (secondary N) is 1. The summed E-state index contributed by atoms with van der Waals surface area (Å²) in [7, 11) is 0. The van der Waals surface area contributed by atoms with E-state index in [1.807, 2.05) is 24.3 Å². The summed E-state index contributed by atoms with van der Waals surface area (Å²) in [6, 6.07) is 7.25. The lowest BCUT2D eigenvalue weighted by atomic mass is 10.1. The molecule has 1 aromatic heterocycles. The lowest BCUT2D eigenvalue weighted by Crippen LogP contribution is -2.37. The number of rotatable bonds is 5. The number of hydrogen-bond donors (Lipinski definition) is 2. The SMILES string of the molecule is O=C(O)CC(NC(=O)c1sc2ccccc2c1Cl)C1CC1. The Hall–Kier alpha value is -1.59. The molecule has 0 bridgehead atoms. The normalized spacial score (nSPS) is 15.9. The standard InChI is InChI=1S/C15H14ClNO3S/c16-13-9-3-1-2-4-11(9)21-14(13)15(20)17-10(7-12(18)19)8-5-6-8/h1-4,8,10H,5-7H2,(H,17,20)(H,18,19). The van der Waals surface area contributed by atoms with E-state index in [2.05, 4.69) is 5.32 Å². The maximum absolute atomic E-state index is 12.4. The molecule has 0 spiro atoms. The third-order valence-corrected chi connectivity index (χ3v) is 5.32. The summed E-state index contributed by atoms with van der Waals surface area (Å²) in [5.41, 5.74) is 0. The molecule has 0 saturated heterocycles. The van der Waals surface area contributed by atoms with Gasteiger partial charge in [-0.3, -0.25) is 9.59 Å². The summed E-state index contributed by atoms with van der Waals surface area (Å²) < 4.78 is 0.953. The molecule has 2 N–H and O–H groups in total. The van der Waals surface area contributed by atoms with Crippen LogP contribution in [0.25, 0.3) is 10.1 Å².